The van der Waals surface area contributed by atoms with Gasteiger partial charge in [0, 0.05) is 18.3 Å². The average molecular weight is 402 g/mol. The number of carbonyl (C=O) groups excluding carboxylic acids is 2. The van der Waals surface area contributed by atoms with Gasteiger partial charge in [-0.1, -0.05) is 0 Å². The van der Waals surface area contributed by atoms with E-state index in [1.54, 1.807) is 0 Å². The maximum Gasteiger partial charge on any atom is 0.421 e. The minimum absolute atomic E-state index is 0.221. The van der Waals surface area contributed by atoms with Crippen molar-refractivity contribution < 1.29 is 31.2 Å². The van der Waals surface area contributed by atoms with Gasteiger partial charge in [-0.15, -0.1) is 0 Å². The summed E-state index contributed by atoms with van der Waals surface area (Å²) in [6.45, 7) is 2.27. The summed E-state index contributed by atoms with van der Waals surface area (Å²) in [5.74, 6) is -2.15. The van der Waals surface area contributed by atoms with Crippen molar-refractivity contribution in [3.8, 4) is 6.07 Å². The van der Waals surface area contributed by atoms with Gasteiger partial charge in [0.2, 0.25) is 21.5 Å². The Balaban J connectivity index is 2.52. The molecule has 2 rings (SSSR count). The fourth-order valence-corrected chi connectivity index (χ4v) is 3.82. The first-order chi connectivity index (χ1) is 12.3. The number of carbonyl (C=O) groups is 2. The molecule has 0 spiro atoms. The van der Waals surface area contributed by atoms with E-state index in [-0.39, 0.29) is 5.69 Å². The highest BCUT2D eigenvalue weighted by molar-refractivity contribution is 7.89. The van der Waals surface area contributed by atoms with Crippen molar-refractivity contribution in [3.05, 3.63) is 35.5 Å². The number of anilines is 1. The molecule has 0 aromatic heterocycles. The zero-order valence-electron chi connectivity index (χ0n) is 13.9. The van der Waals surface area contributed by atoms with Crippen LogP contribution in [0.3, 0.4) is 0 Å². The lowest BCUT2D eigenvalue weighted by molar-refractivity contribution is -0.183. The maximum absolute atomic E-state index is 13.7. The Bertz CT molecular complexity index is 978. The summed E-state index contributed by atoms with van der Waals surface area (Å²) in [5, 5.41) is 13.3. The van der Waals surface area contributed by atoms with Gasteiger partial charge in [0.1, 0.15) is 0 Å². The van der Waals surface area contributed by atoms with E-state index in [1.807, 2.05) is 5.32 Å². The standard InChI is InChI=1S/C15H13F3N4O4S/c1-8-12(7-19)14(13(24)20-8,15(16,17)18)22-27(25,26)11-5-3-10(4-6-11)21-9(2)23/h3-6,22H,1-2H3,(H,20,24)(H,21,23)/t14-/m1/s1. The number of nitriles is 1. The summed E-state index contributed by atoms with van der Waals surface area (Å²) < 4.78 is 67.4. The molecule has 1 aliphatic rings. The first kappa shape index (κ1) is 20.4. The number of amides is 2. The van der Waals surface area contributed by atoms with Crippen LogP contribution in [0.1, 0.15) is 13.8 Å². The van der Waals surface area contributed by atoms with E-state index in [0.717, 1.165) is 31.2 Å². The third-order valence-corrected chi connectivity index (χ3v) is 5.17. The van der Waals surface area contributed by atoms with E-state index in [9.17, 15) is 31.2 Å². The molecule has 3 N–H and O–H groups in total. The van der Waals surface area contributed by atoms with Crippen molar-refractivity contribution in [2.75, 3.05) is 5.32 Å². The summed E-state index contributed by atoms with van der Waals surface area (Å²) in [4.78, 5) is 22.4. The van der Waals surface area contributed by atoms with Gasteiger partial charge >= 0.3 is 6.18 Å². The molecular formula is C15H13F3N4O4S. The number of benzene rings is 1. The number of alkyl halides is 3. The molecule has 1 aromatic rings. The van der Waals surface area contributed by atoms with Gasteiger partial charge in [-0.2, -0.15) is 23.2 Å². The maximum atomic E-state index is 13.7. The van der Waals surface area contributed by atoms with E-state index in [4.69, 9.17) is 5.26 Å². The molecule has 0 bridgehead atoms. The fraction of sp³-hybridized carbons (Fsp3) is 0.267. The molecule has 1 heterocycles. The smallest absolute Gasteiger partial charge is 0.327 e. The molecule has 27 heavy (non-hydrogen) atoms. The van der Waals surface area contributed by atoms with E-state index in [0.29, 0.717) is 0 Å². The van der Waals surface area contributed by atoms with Crippen molar-refractivity contribution in [2.24, 2.45) is 0 Å². The van der Waals surface area contributed by atoms with Crippen LogP contribution in [0.4, 0.5) is 18.9 Å². The van der Waals surface area contributed by atoms with Crippen molar-refractivity contribution in [2.45, 2.75) is 30.5 Å². The second kappa shape index (κ2) is 6.67. The zero-order chi connectivity index (χ0) is 20.6. The molecule has 0 aliphatic carbocycles. The molecule has 1 atom stereocenters. The van der Waals surface area contributed by atoms with Crippen LogP contribution in [-0.2, 0) is 19.6 Å². The fourth-order valence-electron chi connectivity index (χ4n) is 2.50. The third kappa shape index (κ3) is 3.51. The predicted molar refractivity (Wildman–Crippen MR) is 86.3 cm³/mol. The predicted octanol–water partition coefficient (Wildman–Crippen LogP) is 1.15. The molecule has 0 saturated carbocycles. The second-order valence-electron chi connectivity index (χ2n) is 5.62. The van der Waals surface area contributed by atoms with Crippen LogP contribution in [0.25, 0.3) is 0 Å². The van der Waals surface area contributed by atoms with Crippen molar-refractivity contribution in [1.29, 1.82) is 5.26 Å². The van der Waals surface area contributed by atoms with Gasteiger partial charge in [-0.25, -0.2) is 8.42 Å². The lowest BCUT2D eigenvalue weighted by Crippen LogP contribution is -2.64. The zero-order valence-corrected chi connectivity index (χ0v) is 14.7. The van der Waals surface area contributed by atoms with Crippen molar-refractivity contribution in [3.63, 3.8) is 0 Å². The van der Waals surface area contributed by atoms with Gasteiger partial charge in [0.15, 0.2) is 0 Å². The van der Waals surface area contributed by atoms with Crippen LogP contribution < -0.4 is 15.4 Å². The highest BCUT2D eigenvalue weighted by Crippen LogP contribution is 2.41. The number of hydrogen-bond donors (Lipinski definition) is 3. The monoisotopic (exact) mass is 402 g/mol. The molecule has 0 unspecified atom stereocenters. The van der Waals surface area contributed by atoms with Gasteiger partial charge < -0.3 is 10.6 Å². The lowest BCUT2D eigenvalue weighted by atomic mass is 9.92. The first-order valence-corrected chi connectivity index (χ1v) is 8.74. The normalized spacial score (nSPS) is 20.2. The largest absolute Gasteiger partial charge is 0.421 e. The molecular weight excluding hydrogens is 389 g/mol. The molecule has 0 fully saturated rings. The van der Waals surface area contributed by atoms with Crippen LogP contribution in [0.5, 0.6) is 0 Å². The summed E-state index contributed by atoms with van der Waals surface area (Å²) in [5.41, 5.74) is -5.00. The molecule has 144 valence electrons. The number of allylic oxidation sites excluding steroid dienone is 1. The minimum Gasteiger partial charge on any atom is -0.327 e. The van der Waals surface area contributed by atoms with Crippen LogP contribution in [0.15, 0.2) is 40.4 Å². The van der Waals surface area contributed by atoms with Crippen LogP contribution >= 0.6 is 0 Å². The van der Waals surface area contributed by atoms with E-state index in [1.165, 1.54) is 17.7 Å². The third-order valence-electron chi connectivity index (χ3n) is 3.70. The Morgan fingerprint density at radius 1 is 1.26 bits per heavy atom. The Kier molecular flexibility index (Phi) is 5.04. The molecule has 0 radical (unpaired) electrons. The van der Waals surface area contributed by atoms with Crippen LogP contribution in [0, 0.1) is 11.3 Å². The van der Waals surface area contributed by atoms with Gasteiger partial charge in [0.25, 0.3) is 5.91 Å². The number of sulfonamides is 1. The van der Waals surface area contributed by atoms with Gasteiger partial charge in [0.05, 0.1) is 16.5 Å². The highest BCUT2D eigenvalue weighted by Gasteiger charge is 2.68. The van der Waals surface area contributed by atoms with Crippen molar-refractivity contribution >= 4 is 27.5 Å². The van der Waals surface area contributed by atoms with E-state index < -0.39 is 49.7 Å². The molecule has 0 saturated heterocycles. The number of nitrogens with zero attached hydrogens (tertiary/aromatic N) is 1. The van der Waals surface area contributed by atoms with E-state index in [2.05, 4.69) is 5.32 Å². The summed E-state index contributed by atoms with van der Waals surface area (Å²) in [7, 11) is -4.86. The molecule has 12 heteroatoms. The highest BCUT2D eigenvalue weighted by atomic mass is 32.2. The Morgan fingerprint density at radius 3 is 2.26 bits per heavy atom. The summed E-state index contributed by atoms with van der Waals surface area (Å²) in [6, 6.07) is 5.48. The topological polar surface area (TPSA) is 128 Å². The number of rotatable bonds is 4. The number of nitrogens with one attached hydrogen (secondary N) is 3. The Hall–Kier alpha value is -2.91. The molecule has 8 nitrogen and oxygen atoms in total. The number of hydrogen-bond acceptors (Lipinski definition) is 5. The summed E-state index contributed by atoms with van der Waals surface area (Å²) in [6.07, 6.45) is -5.41. The molecule has 1 aromatic carbocycles. The average Bonchev–Trinajstić information content (AvgIpc) is 2.77. The first-order valence-electron chi connectivity index (χ1n) is 7.26. The van der Waals surface area contributed by atoms with Gasteiger partial charge in [-0.05, 0) is 31.2 Å². The second-order valence-corrected chi connectivity index (χ2v) is 7.31. The van der Waals surface area contributed by atoms with Crippen LogP contribution in [0.2, 0.25) is 0 Å². The van der Waals surface area contributed by atoms with Crippen LogP contribution in [-0.4, -0.2) is 31.9 Å². The molecule has 2 amide bonds. The quantitative estimate of drug-likeness (QED) is 0.696. The van der Waals surface area contributed by atoms with E-state index >= 15 is 0 Å². The summed E-state index contributed by atoms with van der Waals surface area (Å²) >= 11 is 0. The number of halogens is 3. The SMILES string of the molecule is CC(=O)Nc1ccc(S(=O)(=O)N[C@@]2(C(F)(F)F)C(=O)NC(C)=C2C#N)cc1. The minimum atomic E-state index is -5.41. The Labute approximate surface area is 152 Å². The Morgan fingerprint density at radius 2 is 1.81 bits per heavy atom. The van der Waals surface area contributed by atoms with Crippen molar-refractivity contribution in [1.82, 2.24) is 10.0 Å². The van der Waals surface area contributed by atoms with Gasteiger partial charge in [-0.3, -0.25) is 9.59 Å². The lowest BCUT2D eigenvalue weighted by Gasteiger charge is -2.30. The molecule has 1 aliphatic heterocycles.